The van der Waals surface area contributed by atoms with Crippen LogP contribution >= 0.6 is 0 Å². The van der Waals surface area contributed by atoms with Crippen molar-refractivity contribution in [3.8, 4) is 5.75 Å². The van der Waals surface area contributed by atoms with Crippen molar-refractivity contribution in [2.75, 3.05) is 14.2 Å². The average Bonchev–Trinajstić information content (AvgIpc) is 2.70. The van der Waals surface area contributed by atoms with Crippen molar-refractivity contribution in [2.45, 2.75) is 20.8 Å². The second-order valence-corrected chi connectivity index (χ2v) is 7.10. The minimum atomic E-state index is -6.00. The Kier molecular flexibility index (Phi) is 8.03. The number of rotatable bonds is 3. The highest BCUT2D eigenvalue weighted by Crippen LogP contribution is 2.35. The van der Waals surface area contributed by atoms with Gasteiger partial charge in [0.1, 0.15) is 5.75 Å². The number of methoxy groups -OCH3 is 1. The number of carbonyl (C=O) groups excluding carboxylic acids is 1. The van der Waals surface area contributed by atoms with E-state index in [4.69, 9.17) is 9.16 Å². The zero-order chi connectivity index (χ0) is 23.2. The Bertz CT molecular complexity index is 999. The molecule has 0 heterocycles. The second-order valence-electron chi connectivity index (χ2n) is 7.10. The fraction of sp³-hybridized carbons (Fsp3) is 0.208. The molecule has 0 bridgehead atoms. The van der Waals surface area contributed by atoms with Gasteiger partial charge in [-0.05, 0) is 78.5 Å². The average molecular weight is 432 g/mol. The fourth-order valence-electron chi connectivity index (χ4n) is 3.55. The normalized spacial score (nSPS) is 12.9. The van der Waals surface area contributed by atoms with Crippen molar-refractivity contribution >= 4 is 18.6 Å². The van der Waals surface area contributed by atoms with Crippen molar-refractivity contribution in [3.63, 3.8) is 0 Å². The summed E-state index contributed by atoms with van der Waals surface area (Å²) in [6, 6.07) is 12.8. The SMILES string of the molecule is COc1ccc(C(=C2C=CC(=[O+]C)C=C2)c2c(C)cc(C)cc2C)cc1.F[B-](F)(F)F. The fourth-order valence-corrected chi connectivity index (χ4v) is 3.55. The van der Waals surface area contributed by atoms with Crippen molar-refractivity contribution < 1.29 is 26.4 Å². The summed E-state index contributed by atoms with van der Waals surface area (Å²) in [5.41, 5.74) is 8.70. The molecule has 7 heteroatoms. The van der Waals surface area contributed by atoms with Gasteiger partial charge in [-0.15, -0.1) is 0 Å². The number of hydrogen-bond acceptors (Lipinski definition) is 1. The maximum absolute atomic E-state index is 9.75. The highest BCUT2D eigenvalue weighted by molar-refractivity contribution is 6.50. The molecule has 2 aromatic rings. The van der Waals surface area contributed by atoms with E-state index in [0.29, 0.717) is 0 Å². The molecule has 2 nitrogen and oxygen atoms in total. The lowest BCUT2D eigenvalue weighted by Gasteiger charge is -2.19. The highest BCUT2D eigenvalue weighted by Gasteiger charge is 2.20. The lowest BCUT2D eigenvalue weighted by atomic mass is 9.85. The minimum Gasteiger partial charge on any atom is -0.497 e. The van der Waals surface area contributed by atoms with Crippen LogP contribution in [0, 0.1) is 20.8 Å². The van der Waals surface area contributed by atoms with Crippen molar-refractivity contribution in [3.05, 3.63) is 94.1 Å². The topological polar surface area (TPSA) is 20.5 Å². The third kappa shape index (κ3) is 6.98. The molecule has 0 fully saturated rings. The van der Waals surface area contributed by atoms with Gasteiger partial charge < -0.3 is 22.0 Å². The minimum absolute atomic E-state index is 0.861. The van der Waals surface area contributed by atoms with Crippen LogP contribution in [0.4, 0.5) is 17.3 Å². The number of ketones is 1. The standard InChI is InChI=1S/C24H25O2.BF4/c1-16-14-17(2)23(18(3)15-16)24(19-6-10-21(25-4)11-7-19)20-8-12-22(26-5)13-9-20;2-1(3,4)5/h6-15H,1-5H3;/q+1;-1. The first kappa shape index (κ1) is 24.2. The Morgan fingerprint density at radius 1 is 0.839 bits per heavy atom. The third-order valence-electron chi connectivity index (χ3n) is 4.68. The Hall–Kier alpha value is -3.09. The summed E-state index contributed by atoms with van der Waals surface area (Å²) in [7, 11) is -2.62. The molecule has 3 rings (SSSR count). The summed E-state index contributed by atoms with van der Waals surface area (Å²) in [5.74, 6) is 1.72. The Labute approximate surface area is 180 Å². The lowest BCUT2D eigenvalue weighted by molar-refractivity contribution is -0.417. The Morgan fingerprint density at radius 3 is 1.74 bits per heavy atom. The van der Waals surface area contributed by atoms with E-state index in [9.17, 15) is 17.3 Å². The van der Waals surface area contributed by atoms with Crippen molar-refractivity contribution in [1.29, 1.82) is 0 Å². The van der Waals surface area contributed by atoms with E-state index in [1.807, 2.05) is 24.3 Å². The van der Waals surface area contributed by atoms with Gasteiger partial charge in [0.2, 0.25) is 0 Å². The van der Waals surface area contributed by atoms with E-state index in [2.05, 4.69) is 57.2 Å². The molecule has 164 valence electrons. The first-order valence-corrected chi connectivity index (χ1v) is 9.65. The van der Waals surface area contributed by atoms with Gasteiger partial charge in [-0.2, -0.15) is 0 Å². The molecule has 31 heavy (non-hydrogen) atoms. The van der Waals surface area contributed by atoms with E-state index >= 15 is 0 Å². The number of hydrogen-bond donors (Lipinski definition) is 0. The molecule has 1 aliphatic carbocycles. The molecular weight excluding hydrogens is 407 g/mol. The van der Waals surface area contributed by atoms with Crippen LogP contribution in [0.15, 0.2) is 66.3 Å². The van der Waals surface area contributed by atoms with E-state index in [1.54, 1.807) is 14.2 Å². The second kappa shape index (κ2) is 10.3. The number of halogens is 4. The van der Waals surface area contributed by atoms with Gasteiger partial charge in [-0.25, -0.2) is 0 Å². The Morgan fingerprint density at radius 2 is 1.32 bits per heavy atom. The van der Waals surface area contributed by atoms with Crippen LogP contribution in [0.25, 0.3) is 5.57 Å². The zero-order valence-corrected chi connectivity index (χ0v) is 18.2. The monoisotopic (exact) mass is 432 g/mol. The molecule has 0 spiro atoms. The molecule has 0 saturated heterocycles. The Balaban J connectivity index is 0.000000614. The third-order valence-corrected chi connectivity index (χ3v) is 4.68. The predicted molar refractivity (Wildman–Crippen MR) is 119 cm³/mol. The lowest BCUT2D eigenvalue weighted by Crippen LogP contribution is -2.02. The zero-order valence-electron chi connectivity index (χ0n) is 18.2. The van der Waals surface area contributed by atoms with E-state index < -0.39 is 7.25 Å². The molecule has 0 radical (unpaired) electrons. The van der Waals surface area contributed by atoms with Gasteiger partial charge in [0.25, 0.3) is 7.11 Å². The molecular formula is C24H25BF4O2. The molecule has 0 atom stereocenters. The quantitative estimate of drug-likeness (QED) is 0.305. The summed E-state index contributed by atoms with van der Waals surface area (Å²) in [4.78, 5) is 0. The summed E-state index contributed by atoms with van der Waals surface area (Å²) < 4.78 is 49.7. The van der Waals surface area contributed by atoms with E-state index in [1.165, 1.54) is 39.0 Å². The van der Waals surface area contributed by atoms with Gasteiger partial charge in [0.15, 0.2) is 0 Å². The van der Waals surface area contributed by atoms with Crippen LogP contribution < -0.4 is 4.74 Å². The molecule has 2 aromatic carbocycles. The van der Waals surface area contributed by atoms with Gasteiger partial charge in [0.05, 0.1) is 7.11 Å². The first-order valence-electron chi connectivity index (χ1n) is 9.65. The van der Waals surface area contributed by atoms with Crippen LogP contribution in [-0.2, 0) is 4.42 Å². The molecule has 0 aliphatic heterocycles. The largest absolute Gasteiger partial charge is 0.673 e. The van der Waals surface area contributed by atoms with Crippen LogP contribution in [0.3, 0.4) is 0 Å². The van der Waals surface area contributed by atoms with Gasteiger partial charge in [-0.3, -0.25) is 4.42 Å². The summed E-state index contributed by atoms with van der Waals surface area (Å²) in [6.45, 7) is 6.51. The van der Waals surface area contributed by atoms with Gasteiger partial charge >= 0.3 is 13.0 Å². The summed E-state index contributed by atoms with van der Waals surface area (Å²) >= 11 is 0. The van der Waals surface area contributed by atoms with Crippen LogP contribution in [0.2, 0.25) is 0 Å². The van der Waals surface area contributed by atoms with Crippen LogP contribution in [-0.4, -0.2) is 27.3 Å². The maximum Gasteiger partial charge on any atom is 0.673 e. The molecule has 0 saturated carbocycles. The van der Waals surface area contributed by atoms with Crippen molar-refractivity contribution in [1.82, 2.24) is 0 Å². The van der Waals surface area contributed by atoms with Crippen LogP contribution in [0.5, 0.6) is 5.75 Å². The molecule has 0 aromatic heterocycles. The smallest absolute Gasteiger partial charge is 0.497 e. The maximum atomic E-state index is 9.75. The predicted octanol–water partition coefficient (Wildman–Crippen LogP) is 6.58. The van der Waals surface area contributed by atoms with Gasteiger partial charge in [0, 0.05) is 12.2 Å². The number of benzene rings is 2. The van der Waals surface area contributed by atoms with E-state index in [-0.39, 0.29) is 0 Å². The van der Waals surface area contributed by atoms with Crippen molar-refractivity contribution in [2.24, 2.45) is 0 Å². The molecule has 0 unspecified atom stereocenters. The summed E-state index contributed by atoms with van der Waals surface area (Å²) in [6.07, 6.45) is 8.27. The van der Waals surface area contributed by atoms with E-state index in [0.717, 1.165) is 11.5 Å². The van der Waals surface area contributed by atoms with Crippen LogP contribution in [0.1, 0.15) is 27.8 Å². The molecule has 0 N–H and O–H groups in total. The number of allylic oxidation sites excluding steroid dienone is 5. The number of aryl methyl sites for hydroxylation is 3. The molecule has 0 amide bonds. The van der Waals surface area contributed by atoms with Gasteiger partial charge in [-0.1, -0.05) is 29.8 Å². The number of ether oxygens (including phenoxy) is 1. The summed E-state index contributed by atoms with van der Waals surface area (Å²) in [5, 5.41) is 0. The molecule has 1 aliphatic rings. The first-order chi connectivity index (χ1) is 14.5. The highest BCUT2D eigenvalue weighted by atomic mass is 19.5.